The average Bonchev–Trinajstić information content (AvgIpc) is 3.01. The van der Waals surface area contributed by atoms with Crippen LogP contribution in [0.4, 0.5) is 5.69 Å². The summed E-state index contributed by atoms with van der Waals surface area (Å²) in [5.74, 6) is 0.585. The fourth-order valence-corrected chi connectivity index (χ4v) is 1.20. The summed E-state index contributed by atoms with van der Waals surface area (Å²) < 4.78 is 5.56. The predicted octanol–water partition coefficient (Wildman–Crippen LogP) is 1.54. The Hall–Kier alpha value is -1.76. The summed E-state index contributed by atoms with van der Waals surface area (Å²) in [6, 6.07) is 2.12. The van der Waals surface area contributed by atoms with E-state index in [-0.39, 0.29) is 6.10 Å². The number of rotatable bonds is 3. The molecule has 14 heavy (non-hydrogen) atoms. The summed E-state index contributed by atoms with van der Waals surface area (Å²) in [6.07, 6.45) is 5.66. The summed E-state index contributed by atoms with van der Waals surface area (Å²) >= 11 is 0. The van der Waals surface area contributed by atoms with Crippen LogP contribution in [0.25, 0.3) is 0 Å². The molecule has 1 N–H and O–H groups in total. The van der Waals surface area contributed by atoms with Crippen molar-refractivity contribution < 1.29 is 4.74 Å². The fraction of sp³-hybridized carbons (Fsp3) is 0.400. The third-order valence-corrected chi connectivity index (χ3v) is 2.11. The lowest BCUT2D eigenvalue weighted by Gasteiger charge is -2.08. The average molecular weight is 189 g/mol. The Kier molecular flexibility index (Phi) is 2.23. The first kappa shape index (κ1) is 8.82. The highest BCUT2D eigenvalue weighted by Crippen LogP contribution is 2.30. The molecule has 0 atom stereocenters. The van der Waals surface area contributed by atoms with Gasteiger partial charge in [0.15, 0.2) is 5.75 Å². The van der Waals surface area contributed by atoms with Gasteiger partial charge in [0.2, 0.25) is 0 Å². The number of anilines is 1. The van der Waals surface area contributed by atoms with Crippen LogP contribution >= 0.6 is 0 Å². The minimum absolute atomic E-state index is 0.288. The highest BCUT2D eigenvalue weighted by atomic mass is 16.5. The SMILES string of the molecule is CNc1cncc(OC2CC2)c1C#N. The molecule has 1 aromatic heterocycles. The Morgan fingerprint density at radius 3 is 2.93 bits per heavy atom. The largest absolute Gasteiger partial charge is 0.487 e. The molecule has 1 aromatic rings. The molecular weight excluding hydrogens is 178 g/mol. The molecule has 0 amide bonds. The van der Waals surface area contributed by atoms with Crippen LogP contribution in [0.1, 0.15) is 18.4 Å². The number of nitrogens with zero attached hydrogens (tertiary/aromatic N) is 2. The first-order chi connectivity index (χ1) is 6.85. The van der Waals surface area contributed by atoms with Crippen molar-refractivity contribution in [1.82, 2.24) is 4.98 Å². The van der Waals surface area contributed by atoms with Gasteiger partial charge >= 0.3 is 0 Å². The molecule has 0 radical (unpaired) electrons. The maximum atomic E-state index is 8.97. The van der Waals surface area contributed by atoms with Crippen molar-refractivity contribution in [3.8, 4) is 11.8 Å². The first-order valence-electron chi connectivity index (χ1n) is 4.57. The maximum absolute atomic E-state index is 8.97. The van der Waals surface area contributed by atoms with Gasteiger partial charge < -0.3 is 10.1 Å². The van der Waals surface area contributed by atoms with E-state index in [4.69, 9.17) is 10.00 Å². The minimum atomic E-state index is 0.288. The van der Waals surface area contributed by atoms with Gasteiger partial charge in [0.05, 0.1) is 24.2 Å². The van der Waals surface area contributed by atoms with E-state index in [9.17, 15) is 0 Å². The predicted molar refractivity (Wildman–Crippen MR) is 52.1 cm³/mol. The van der Waals surface area contributed by atoms with Crippen LogP contribution in [0.15, 0.2) is 12.4 Å². The second-order valence-corrected chi connectivity index (χ2v) is 3.24. The lowest BCUT2D eigenvalue weighted by Crippen LogP contribution is -2.01. The molecule has 0 spiro atoms. The third kappa shape index (κ3) is 1.62. The molecule has 2 rings (SSSR count). The van der Waals surface area contributed by atoms with Crippen LogP contribution in [0, 0.1) is 11.3 Å². The molecule has 0 aliphatic heterocycles. The Bertz CT molecular complexity index is 379. The second-order valence-electron chi connectivity index (χ2n) is 3.24. The van der Waals surface area contributed by atoms with E-state index < -0.39 is 0 Å². The molecule has 1 fully saturated rings. The molecule has 0 aromatic carbocycles. The van der Waals surface area contributed by atoms with Gasteiger partial charge in [-0.2, -0.15) is 5.26 Å². The maximum Gasteiger partial charge on any atom is 0.157 e. The number of pyridine rings is 1. The summed E-state index contributed by atoms with van der Waals surface area (Å²) in [6.45, 7) is 0. The molecule has 4 nitrogen and oxygen atoms in total. The quantitative estimate of drug-likeness (QED) is 0.783. The fourth-order valence-electron chi connectivity index (χ4n) is 1.20. The van der Waals surface area contributed by atoms with E-state index in [1.54, 1.807) is 19.4 Å². The summed E-state index contributed by atoms with van der Waals surface area (Å²) in [4.78, 5) is 4.01. The van der Waals surface area contributed by atoms with Gasteiger partial charge in [0, 0.05) is 7.05 Å². The normalized spacial score (nSPS) is 14.6. The lowest BCUT2D eigenvalue weighted by atomic mass is 10.2. The van der Waals surface area contributed by atoms with Crippen molar-refractivity contribution in [2.45, 2.75) is 18.9 Å². The number of aromatic nitrogens is 1. The van der Waals surface area contributed by atoms with Crippen LogP contribution in [0.3, 0.4) is 0 Å². The zero-order chi connectivity index (χ0) is 9.97. The van der Waals surface area contributed by atoms with Crippen molar-refractivity contribution in [1.29, 1.82) is 5.26 Å². The molecule has 0 bridgehead atoms. The summed E-state index contributed by atoms with van der Waals surface area (Å²) in [7, 11) is 1.76. The Balaban J connectivity index is 2.32. The summed E-state index contributed by atoms with van der Waals surface area (Å²) in [5.41, 5.74) is 1.25. The van der Waals surface area contributed by atoms with Gasteiger partial charge in [0.1, 0.15) is 11.6 Å². The zero-order valence-corrected chi connectivity index (χ0v) is 7.95. The van der Waals surface area contributed by atoms with Crippen LogP contribution in [0.2, 0.25) is 0 Å². The van der Waals surface area contributed by atoms with Gasteiger partial charge in [0.25, 0.3) is 0 Å². The topological polar surface area (TPSA) is 57.9 Å². The van der Waals surface area contributed by atoms with Crippen molar-refractivity contribution >= 4 is 5.69 Å². The van der Waals surface area contributed by atoms with Crippen LogP contribution in [-0.4, -0.2) is 18.1 Å². The van der Waals surface area contributed by atoms with Gasteiger partial charge in [-0.3, -0.25) is 4.98 Å². The smallest absolute Gasteiger partial charge is 0.157 e. The lowest BCUT2D eigenvalue weighted by molar-refractivity contribution is 0.301. The van der Waals surface area contributed by atoms with Crippen LogP contribution < -0.4 is 10.1 Å². The number of nitrogens with one attached hydrogen (secondary N) is 1. The van der Waals surface area contributed by atoms with Crippen molar-refractivity contribution in [3.05, 3.63) is 18.0 Å². The molecule has 1 saturated carbocycles. The number of nitriles is 1. The van der Waals surface area contributed by atoms with E-state index in [1.807, 2.05) is 0 Å². The summed E-state index contributed by atoms with van der Waals surface area (Å²) in [5, 5.41) is 11.9. The number of ether oxygens (including phenoxy) is 1. The molecule has 72 valence electrons. The molecule has 0 unspecified atom stereocenters. The second kappa shape index (κ2) is 3.54. The standard InChI is InChI=1S/C10H11N3O/c1-12-9-5-13-6-10(8(9)4-11)14-7-2-3-7/h5-7,12H,2-3H2,1H3. The number of hydrogen-bond donors (Lipinski definition) is 1. The Morgan fingerprint density at radius 2 is 2.36 bits per heavy atom. The van der Waals surface area contributed by atoms with E-state index in [0.717, 1.165) is 12.8 Å². The highest BCUT2D eigenvalue weighted by molar-refractivity contribution is 5.61. The third-order valence-electron chi connectivity index (χ3n) is 2.11. The minimum Gasteiger partial charge on any atom is -0.487 e. The van der Waals surface area contributed by atoms with Crippen molar-refractivity contribution in [2.75, 3.05) is 12.4 Å². The Morgan fingerprint density at radius 1 is 1.57 bits per heavy atom. The van der Waals surface area contributed by atoms with Gasteiger partial charge in [-0.1, -0.05) is 0 Å². The monoisotopic (exact) mass is 189 g/mol. The van der Waals surface area contributed by atoms with Crippen molar-refractivity contribution in [2.24, 2.45) is 0 Å². The van der Waals surface area contributed by atoms with E-state index in [0.29, 0.717) is 17.0 Å². The van der Waals surface area contributed by atoms with Crippen LogP contribution in [0.5, 0.6) is 5.75 Å². The molecule has 1 heterocycles. The zero-order valence-electron chi connectivity index (χ0n) is 7.95. The molecule has 1 aliphatic rings. The van der Waals surface area contributed by atoms with E-state index in [2.05, 4.69) is 16.4 Å². The molecular formula is C10H11N3O. The van der Waals surface area contributed by atoms with Gasteiger partial charge in [-0.05, 0) is 12.8 Å². The highest BCUT2D eigenvalue weighted by Gasteiger charge is 2.25. The van der Waals surface area contributed by atoms with Crippen LogP contribution in [-0.2, 0) is 0 Å². The van der Waals surface area contributed by atoms with Gasteiger partial charge in [-0.15, -0.1) is 0 Å². The number of hydrogen-bond acceptors (Lipinski definition) is 4. The van der Waals surface area contributed by atoms with Crippen molar-refractivity contribution in [3.63, 3.8) is 0 Å². The molecule has 4 heteroatoms. The van der Waals surface area contributed by atoms with E-state index >= 15 is 0 Å². The molecule has 1 aliphatic carbocycles. The first-order valence-corrected chi connectivity index (χ1v) is 4.57. The Labute approximate surface area is 82.5 Å². The van der Waals surface area contributed by atoms with E-state index in [1.165, 1.54) is 0 Å². The molecule has 0 saturated heterocycles. The van der Waals surface area contributed by atoms with Gasteiger partial charge in [-0.25, -0.2) is 0 Å².